The molecule has 0 heterocycles. The minimum Gasteiger partial charge on any atom is -0.469 e. The molecule has 190 valence electrons. The number of hydrogen-bond donors (Lipinski definition) is 0. The highest BCUT2D eigenvalue weighted by Gasteiger charge is 2.66. The SMILES string of the molecule is COC(=O)C12CCC(C)(C)CC1C1=CCC3C(C)(C=CC(=O)C(C)C)CCCC3(C)C1(C)CC2. The van der Waals surface area contributed by atoms with Gasteiger partial charge in [0.25, 0.3) is 0 Å². The molecule has 0 aromatic rings. The molecule has 0 bridgehead atoms. The number of ether oxygens (including phenoxy) is 1. The van der Waals surface area contributed by atoms with Crippen LogP contribution < -0.4 is 0 Å². The summed E-state index contributed by atoms with van der Waals surface area (Å²) in [4.78, 5) is 25.8. The Hall–Kier alpha value is -1.38. The molecule has 0 aromatic heterocycles. The van der Waals surface area contributed by atoms with Gasteiger partial charge in [0.15, 0.2) is 5.78 Å². The Morgan fingerprint density at radius 1 is 1.00 bits per heavy atom. The standard InChI is InChI=1S/C31H48O3/c1-21(2)24(32)12-15-28(5)13-9-14-30(7)25(28)11-10-22-23-20-27(3,4)16-18-31(23,26(33)34-8)19-17-29(22,30)6/h10,12,15,21,23,25H,9,11,13-14,16-20H2,1-8H3. The van der Waals surface area contributed by atoms with E-state index in [1.807, 2.05) is 19.9 Å². The van der Waals surface area contributed by atoms with Crippen LogP contribution in [0.25, 0.3) is 0 Å². The molecular weight excluding hydrogens is 420 g/mol. The highest BCUT2D eigenvalue weighted by atomic mass is 16.5. The maximum atomic E-state index is 13.3. The Bertz CT molecular complexity index is 910. The highest BCUT2D eigenvalue weighted by Crippen LogP contribution is 2.72. The second-order valence-electron chi connectivity index (χ2n) is 14.0. The first-order valence-electron chi connectivity index (χ1n) is 13.8. The maximum absolute atomic E-state index is 13.3. The van der Waals surface area contributed by atoms with E-state index >= 15 is 0 Å². The minimum atomic E-state index is -0.347. The van der Waals surface area contributed by atoms with Crippen molar-refractivity contribution in [2.75, 3.05) is 7.11 Å². The molecule has 0 aliphatic heterocycles. The largest absolute Gasteiger partial charge is 0.469 e. The molecule has 6 atom stereocenters. The van der Waals surface area contributed by atoms with Crippen molar-refractivity contribution >= 4 is 11.8 Å². The predicted molar refractivity (Wildman–Crippen MR) is 138 cm³/mol. The average Bonchev–Trinajstić information content (AvgIpc) is 2.77. The van der Waals surface area contributed by atoms with Gasteiger partial charge in [-0.25, -0.2) is 0 Å². The normalized spacial score (nSPS) is 43.5. The number of fused-ring (bicyclic) bond motifs is 5. The summed E-state index contributed by atoms with van der Waals surface area (Å²) in [6, 6.07) is 0. The van der Waals surface area contributed by atoms with Crippen LogP contribution in [0.1, 0.15) is 106 Å². The van der Waals surface area contributed by atoms with Gasteiger partial charge in [0, 0.05) is 5.92 Å². The van der Waals surface area contributed by atoms with Gasteiger partial charge in [-0.1, -0.05) is 72.6 Å². The fourth-order valence-corrected chi connectivity index (χ4v) is 8.84. The number of carbonyl (C=O) groups excluding carboxylic acids is 2. The van der Waals surface area contributed by atoms with E-state index in [4.69, 9.17) is 4.74 Å². The quantitative estimate of drug-likeness (QED) is 0.241. The summed E-state index contributed by atoms with van der Waals surface area (Å²) in [5.74, 6) is 1.10. The first kappa shape index (κ1) is 25.7. The predicted octanol–water partition coefficient (Wildman–Crippen LogP) is 7.70. The lowest BCUT2D eigenvalue weighted by atomic mass is 9.37. The smallest absolute Gasteiger partial charge is 0.312 e. The van der Waals surface area contributed by atoms with Crippen molar-refractivity contribution in [2.45, 2.75) is 106 Å². The van der Waals surface area contributed by atoms with Crippen molar-refractivity contribution in [3.8, 4) is 0 Å². The lowest BCUT2D eigenvalue weighted by Crippen LogP contribution is -2.60. The molecule has 3 saturated carbocycles. The molecule has 0 saturated heterocycles. The molecule has 6 unspecified atom stereocenters. The lowest BCUT2D eigenvalue weighted by molar-refractivity contribution is -0.170. The first-order valence-corrected chi connectivity index (χ1v) is 13.8. The Kier molecular flexibility index (Phi) is 6.31. The zero-order valence-electron chi connectivity index (χ0n) is 23.1. The number of methoxy groups -OCH3 is 1. The van der Waals surface area contributed by atoms with Crippen LogP contribution in [0.15, 0.2) is 23.8 Å². The number of ketones is 1. The van der Waals surface area contributed by atoms with E-state index in [0.29, 0.717) is 5.92 Å². The summed E-state index contributed by atoms with van der Waals surface area (Å²) < 4.78 is 5.46. The molecule has 0 radical (unpaired) electrons. The van der Waals surface area contributed by atoms with Crippen LogP contribution in [0.5, 0.6) is 0 Å². The maximum Gasteiger partial charge on any atom is 0.312 e. The zero-order valence-corrected chi connectivity index (χ0v) is 23.1. The third-order valence-electron chi connectivity index (χ3n) is 11.4. The third-order valence-corrected chi connectivity index (χ3v) is 11.4. The molecule has 4 aliphatic carbocycles. The van der Waals surface area contributed by atoms with Crippen molar-refractivity contribution < 1.29 is 14.3 Å². The van der Waals surface area contributed by atoms with Gasteiger partial charge in [-0.2, -0.15) is 0 Å². The van der Waals surface area contributed by atoms with Crippen LogP contribution in [0.4, 0.5) is 0 Å². The highest BCUT2D eigenvalue weighted by molar-refractivity contribution is 5.91. The molecule has 3 fully saturated rings. The summed E-state index contributed by atoms with van der Waals surface area (Å²) in [7, 11) is 1.58. The topological polar surface area (TPSA) is 43.4 Å². The Balaban J connectivity index is 1.77. The van der Waals surface area contributed by atoms with E-state index in [-0.39, 0.29) is 50.7 Å². The summed E-state index contributed by atoms with van der Waals surface area (Å²) in [5, 5.41) is 0. The molecule has 4 aliphatic rings. The molecule has 3 heteroatoms. The van der Waals surface area contributed by atoms with Crippen molar-refractivity contribution in [2.24, 2.45) is 44.8 Å². The van der Waals surface area contributed by atoms with Crippen LogP contribution in [0.3, 0.4) is 0 Å². The van der Waals surface area contributed by atoms with Crippen LogP contribution in [0, 0.1) is 44.8 Å². The zero-order chi connectivity index (χ0) is 25.2. The molecule has 0 N–H and O–H groups in total. The van der Waals surface area contributed by atoms with Crippen LogP contribution in [-0.4, -0.2) is 18.9 Å². The minimum absolute atomic E-state index is 0.0202. The fourth-order valence-electron chi connectivity index (χ4n) is 8.84. The number of rotatable bonds is 4. The molecule has 34 heavy (non-hydrogen) atoms. The Morgan fingerprint density at radius 3 is 2.32 bits per heavy atom. The van der Waals surface area contributed by atoms with E-state index in [2.05, 4.69) is 46.8 Å². The molecular formula is C31H48O3. The second-order valence-corrected chi connectivity index (χ2v) is 14.0. The Labute approximate surface area is 208 Å². The van der Waals surface area contributed by atoms with Crippen LogP contribution >= 0.6 is 0 Å². The van der Waals surface area contributed by atoms with E-state index in [1.165, 1.54) is 12.8 Å². The summed E-state index contributed by atoms with van der Waals surface area (Å²) >= 11 is 0. The number of esters is 1. The molecule has 0 amide bonds. The molecule has 0 aromatic carbocycles. The van der Waals surface area contributed by atoms with Gasteiger partial charge in [0.05, 0.1) is 12.5 Å². The number of carbonyl (C=O) groups is 2. The average molecular weight is 469 g/mol. The van der Waals surface area contributed by atoms with Gasteiger partial charge in [-0.15, -0.1) is 0 Å². The van der Waals surface area contributed by atoms with Gasteiger partial charge in [0.1, 0.15) is 0 Å². The summed E-state index contributed by atoms with van der Waals surface area (Å²) in [5.41, 5.74) is 1.75. The van der Waals surface area contributed by atoms with Crippen LogP contribution in [0.2, 0.25) is 0 Å². The lowest BCUT2D eigenvalue weighted by Gasteiger charge is -2.67. The van der Waals surface area contributed by atoms with Crippen LogP contribution in [-0.2, 0) is 14.3 Å². The van der Waals surface area contributed by atoms with Gasteiger partial charge in [-0.05, 0) is 90.9 Å². The Morgan fingerprint density at radius 2 is 1.68 bits per heavy atom. The number of allylic oxidation sites excluding steroid dienone is 4. The molecule has 4 rings (SSSR count). The van der Waals surface area contributed by atoms with E-state index in [0.717, 1.165) is 44.9 Å². The van der Waals surface area contributed by atoms with Crippen molar-refractivity contribution in [3.05, 3.63) is 23.8 Å². The van der Waals surface area contributed by atoms with Gasteiger partial charge < -0.3 is 4.74 Å². The molecule has 3 nitrogen and oxygen atoms in total. The van der Waals surface area contributed by atoms with Gasteiger partial charge in [-0.3, -0.25) is 9.59 Å². The van der Waals surface area contributed by atoms with Crippen molar-refractivity contribution in [3.63, 3.8) is 0 Å². The summed E-state index contributed by atoms with van der Waals surface area (Å²) in [6.45, 7) is 16.2. The summed E-state index contributed by atoms with van der Waals surface area (Å²) in [6.07, 6.45) is 16.4. The van der Waals surface area contributed by atoms with Crippen molar-refractivity contribution in [1.29, 1.82) is 0 Å². The van der Waals surface area contributed by atoms with E-state index < -0.39 is 0 Å². The fraction of sp³-hybridized carbons (Fsp3) is 0.806. The van der Waals surface area contributed by atoms with E-state index in [9.17, 15) is 9.59 Å². The van der Waals surface area contributed by atoms with Gasteiger partial charge in [0.2, 0.25) is 0 Å². The van der Waals surface area contributed by atoms with Crippen molar-refractivity contribution in [1.82, 2.24) is 0 Å². The number of hydrogen-bond acceptors (Lipinski definition) is 3. The first-order chi connectivity index (χ1) is 15.7. The van der Waals surface area contributed by atoms with E-state index in [1.54, 1.807) is 12.7 Å². The monoisotopic (exact) mass is 468 g/mol. The third kappa shape index (κ3) is 3.66. The second kappa shape index (κ2) is 8.34. The van der Waals surface area contributed by atoms with Gasteiger partial charge >= 0.3 is 5.97 Å². The molecule has 0 spiro atoms.